The van der Waals surface area contributed by atoms with Gasteiger partial charge in [0.05, 0.1) is 11.2 Å². The van der Waals surface area contributed by atoms with Crippen molar-refractivity contribution in [2.45, 2.75) is 6.36 Å². The van der Waals surface area contributed by atoms with E-state index in [4.69, 9.17) is 0 Å². The van der Waals surface area contributed by atoms with Gasteiger partial charge in [-0.1, -0.05) is 18.2 Å². The molecule has 30 heavy (non-hydrogen) atoms. The smallest absolute Gasteiger partial charge is 0.406 e. The topological polar surface area (TPSA) is 68.2 Å². The third kappa shape index (κ3) is 4.35. The van der Waals surface area contributed by atoms with Crippen molar-refractivity contribution in [1.29, 1.82) is 0 Å². The maximum Gasteiger partial charge on any atom is 0.573 e. The monoisotopic (exact) mass is 412 g/mol. The Morgan fingerprint density at radius 1 is 0.933 bits per heavy atom. The minimum absolute atomic E-state index is 0.305. The molecule has 0 unspecified atom stereocenters. The van der Waals surface area contributed by atoms with Gasteiger partial charge in [0.25, 0.3) is 0 Å². The van der Waals surface area contributed by atoms with Crippen LogP contribution in [0.25, 0.3) is 16.7 Å². The predicted octanol–water partition coefficient (Wildman–Crippen LogP) is 5.57. The van der Waals surface area contributed by atoms with E-state index in [1.165, 1.54) is 12.1 Å². The van der Waals surface area contributed by atoms with Gasteiger partial charge in [0.1, 0.15) is 5.75 Å². The average Bonchev–Trinajstić information content (AvgIpc) is 3.13. The summed E-state index contributed by atoms with van der Waals surface area (Å²) in [6.07, 6.45) is -1.30. The van der Waals surface area contributed by atoms with E-state index in [1.54, 1.807) is 18.3 Å². The van der Waals surface area contributed by atoms with E-state index in [1.807, 2.05) is 41.1 Å². The van der Waals surface area contributed by atoms with E-state index in [0.29, 0.717) is 17.2 Å². The maximum absolute atomic E-state index is 12.4. The molecule has 4 aromatic rings. The quantitative estimate of drug-likeness (QED) is 0.461. The van der Waals surface area contributed by atoms with Crippen molar-refractivity contribution in [2.24, 2.45) is 0 Å². The number of nitrogens with one attached hydrogen (secondary N) is 2. The molecule has 2 aromatic carbocycles. The van der Waals surface area contributed by atoms with Crippen LogP contribution >= 0.6 is 0 Å². The van der Waals surface area contributed by atoms with E-state index in [-0.39, 0.29) is 5.75 Å². The zero-order chi connectivity index (χ0) is 21.1. The van der Waals surface area contributed by atoms with Gasteiger partial charge in [-0.25, -0.2) is 9.78 Å². The number of ether oxygens (including phenoxy) is 1. The number of hydrogen-bond donors (Lipinski definition) is 2. The lowest BCUT2D eigenvalue weighted by atomic mass is 10.2. The molecule has 2 aromatic heterocycles. The normalized spacial score (nSPS) is 11.3. The number of urea groups is 1. The fourth-order valence-electron chi connectivity index (χ4n) is 2.98. The molecule has 6 nitrogen and oxygen atoms in total. The molecule has 0 radical (unpaired) electrons. The van der Waals surface area contributed by atoms with Gasteiger partial charge in [-0.3, -0.25) is 4.57 Å². The number of aromatic nitrogens is 2. The molecule has 0 aliphatic carbocycles. The molecule has 0 aliphatic rings. The number of carbonyl (C=O) groups is 1. The summed E-state index contributed by atoms with van der Waals surface area (Å²) in [4.78, 5) is 16.8. The molecule has 152 valence electrons. The van der Waals surface area contributed by atoms with Gasteiger partial charge < -0.3 is 15.4 Å². The van der Waals surface area contributed by atoms with E-state index >= 15 is 0 Å². The van der Waals surface area contributed by atoms with Gasteiger partial charge in [-0.05, 0) is 53.9 Å². The molecule has 0 bridgehead atoms. The lowest BCUT2D eigenvalue weighted by Gasteiger charge is -2.13. The molecule has 0 fully saturated rings. The molecule has 0 aliphatic heterocycles. The number of rotatable bonds is 4. The van der Waals surface area contributed by atoms with Crippen LogP contribution in [0.4, 0.5) is 29.3 Å². The second kappa shape index (κ2) is 7.78. The Kier molecular flexibility index (Phi) is 5.01. The first-order chi connectivity index (χ1) is 14.4. The van der Waals surface area contributed by atoms with Crippen molar-refractivity contribution in [1.82, 2.24) is 9.55 Å². The van der Waals surface area contributed by atoms with Crippen LogP contribution in [-0.2, 0) is 0 Å². The summed E-state index contributed by atoms with van der Waals surface area (Å²) in [7, 11) is 0. The number of amides is 2. The molecule has 0 atom stereocenters. The number of nitrogens with zero attached hydrogens (tertiary/aromatic N) is 2. The van der Waals surface area contributed by atoms with Crippen LogP contribution in [0, 0.1) is 0 Å². The molecule has 0 saturated heterocycles. The maximum atomic E-state index is 12.4. The van der Waals surface area contributed by atoms with Gasteiger partial charge in [0, 0.05) is 18.1 Å². The summed E-state index contributed by atoms with van der Waals surface area (Å²) in [5.41, 5.74) is 1.70. The molecule has 2 heterocycles. The first kappa shape index (κ1) is 19.3. The van der Waals surface area contributed by atoms with Crippen molar-refractivity contribution in [3.05, 3.63) is 79.1 Å². The molecular formula is C21H15F3N4O2. The minimum Gasteiger partial charge on any atom is -0.406 e. The highest BCUT2D eigenvalue weighted by atomic mass is 19.4. The lowest BCUT2D eigenvalue weighted by molar-refractivity contribution is -0.274. The summed E-state index contributed by atoms with van der Waals surface area (Å²) in [5, 5.41) is 6.31. The highest BCUT2D eigenvalue weighted by Crippen LogP contribution is 2.26. The molecule has 4 rings (SSSR count). The van der Waals surface area contributed by atoms with E-state index in [9.17, 15) is 18.0 Å². The fourth-order valence-corrected chi connectivity index (χ4v) is 2.98. The number of alkyl halides is 3. The van der Waals surface area contributed by atoms with Gasteiger partial charge in [-0.2, -0.15) is 0 Å². The van der Waals surface area contributed by atoms with Gasteiger partial charge in [-0.15, -0.1) is 13.2 Å². The number of halogens is 3. The summed E-state index contributed by atoms with van der Waals surface area (Å²) in [5.74, 6) is 0.158. The van der Waals surface area contributed by atoms with Crippen molar-refractivity contribution >= 4 is 28.3 Å². The Hall–Kier alpha value is -4.01. The predicted molar refractivity (Wildman–Crippen MR) is 107 cm³/mol. The molecule has 0 spiro atoms. The second-order valence-electron chi connectivity index (χ2n) is 6.27. The number of para-hydroxylation sites is 1. The van der Waals surface area contributed by atoms with Crippen molar-refractivity contribution in [2.75, 3.05) is 10.6 Å². The number of carbonyl (C=O) groups excluding carboxylic acids is 1. The number of pyridine rings is 1. The Morgan fingerprint density at radius 2 is 1.70 bits per heavy atom. The number of anilines is 2. The highest BCUT2D eigenvalue weighted by Gasteiger charge is 2.30. The van der Waals surface area contributed by atoms with Gasteiger partial charge >= 0.3 is 12.4 Å². The summed E-state index contributed by atoms with van der Waals surface area (Å²) >= 11 is 0. The molecule has 2 N–H and O–H groups in total. The molecule has 2 amide bonds. The Balaban J connectivity index is 1.51. The lowest BCUT2D eigenvalue weighted by Crippen LogP contribution is -2.21. The molecular weight excluding hydrogens is 397 g/mol. The summed E-state index contributed by atoms with van der Waals surface area (Å²) in [6.45, 7) is 0. The van der Waals surface area contributed by atoms with Gasteiger partial charge in [0.2, 0.25) is 0 Å². The summed E-state index contributed by atoms with van der Waals surface area (Å²) in [6, 6.07) is 17.4. The zero-order valence-corrected chi connectivity index (χ0v) is 15.4. The van der Waals surface area contributed by atoms with Gasteiger partial charge in [0.15, 0.2) is 5.82 Å². The number of hydrogen-bond acceptors (Lipinski definition) is 3. The standard InChI is InChI=1S/C21H15F3N4O2/c22-21(23,24)30-16-9-7-15(8-10-16)26-20(29)27-17-5-3-12-25-19(17)28-13-11-14-4-1-2-6-18(14)28/h1-13H,(H2,26,27,29). The van der Waals surface area contributed by atoms with Crippen LogP contribution in [-0.4, -0.2) is 21.9 Å². The fraction of sp³-hybridized carbons (Fsp3) is 0.0476. The Morgan fingerprint density at radius 3 is 2.47 bits per heavy atom. The van der Waals surface area contributed by atoms with Crippen molar-refractivity contribution in [3.8, 4) is 11.6 Å². The van der Waals surface area contributed by atoms with Crippen molar-refractivity contribution in [3.63, 3.8) is 0 Å². The Bertz CT molecular complexity index is 1190. The minimum atomic E-state index is -4.77. The average molecular weight is 412 g/mol. The molecule has 9 heteroatoms. The largest absolute Gasteiger partial charge is 0.573 e. The van der Waals surface area contributed by atoms with Crippen LogP contribution in [0.3, 0.4) is 0 Å². The first-order valence-electron chi connectivity index (χ1n) is 8.84. The zero-order valence-electron chi connectivity index (χ0n) is 15.4. The third-order valence-corrected chi connectivity index (χ3v) is 4.21. The highest BCUT2D eigenvalue weighted by molar-refractivity contribution is 6.01. The first-order valence-corrected chi connectivity index (χ1v) is 8.84. The van der Waals surface area contributed by atoms with E-state index in [0.717, 1.165) is 23.0 Å². The van der Waals surface area contributed by atoms with Crippen LogP contribution in [0.5, 0.6) is 5.75 Å². The SMILES string of the molecule is O=C(Nc1ccc(OC(F)(F)F)cc1)Nc1cccnc1-n1ccc2ccccc21. The second-order valence-corrected chi connectivity index (χ2v) is 6.27. The number of benzene rings is 2. The van der Waals surface area contributed by atoms with E-state index in [2.05, 4.69) is 20.4 Å². The van der Waals surface area contributed by atoms with Crippen LogP contribution < -0.4 is 15.4 Å². The van der Waals surface area contributed by atoms with Crippen LogP contribution in [0.2, 0.25) is 0 Å². The van der Waals surface area contributed by atoms with Crippen molar-refractivity contribution < 1.29 is 22.7 Å². The number of fused-ring (bicyclic) bond motifs is 1. The van der Waals surface area contributed by atoms with Crippen LogP contribution in [0.15, 0.2) is 79.1 Å². The van der Waals surface area contributed by atoms with Crippen LogP contribution in [0.1, 0.15) is 0 Å². The summed E-state index contributed by atoms with van der Waals surface area (Å²) < 4.78 is 42.4. The van der Waals surface area contributed by atoms with E-state index < -0.39 is 12.4 Å². The third-order valence-electron chi connectivity index (χ3n) is 4.21. The molecule has 0 saturated carbocycles. The Labute approximate surface area is 168 Å².